The number of hydrogen-bond donors (Lipinski definition) is 1. The predicted octanol–water partition coefficient (Wildman–Crippen LogP) is 4.89. The lowest BCUT2D eigenvalue weighted by Gasteiger charge is -2.27. The van der Waals surface area contributed by atoms with Crippen LogP contribution in [0.1, 0.15) is 25.3 Å². The van der Waals surface area contributed by atoms with Gasteiger partial charge in [0, 0.05) is 0 Å². The number of allylic oxidation sites excluding steroid dienone is 2. The number of hydrogen-bond acceptors (Lipinski definition) is 6. The average Bonchev–Trinajstić information content (AvgIpc) is 2.70. The second-order valence-electron chi connectivity index (χ2n) is 6.22. The summed E-state index contributed by atoms with van der Waals surface area (Å²) < 4.78 is 17.2. The number of nitrogens with zero attached hydrogens (tertiary/aromatic N) is 1. The molecule has 1 unspecified atom stereocenters. The zero-order valence-electron chi connectivity index (χ0n) is 15.9. The molecule has 0 bridgehead atoms. The molecule has 0 saturated heterocycles. The Kier molecular flexibility index (Phi) is 6.25. The third-order valence-electron chi connectivity index (χ3n) is 4.36. The van der Waals surface area contributed by atoms with E-state index >= 15 is 0 Å². The lowest BCUT2D eigenvalue weighted by Crippen LogP contribution is -2.25. The molecule has 148 valence electrons. The van der Waals surface area contributed by atoms with Crippen LogP contribution < -0.4 is 10.5 Å². The first-order valence-corrected chi connectivity index (χ1v) is 9.73. The van der Waals surface area contributed by atoms with E-state index in [9.17, 15) is 10.1 Å². The van der Waals surface area contributed by atoms with Crippen molar-refractivity contribution in [1.82, 2.24) is 0 Å². The maximum absolute atomic E-state index is 12.6. The van der Waals surface area contributed by atoms with Crippen molar-refractivity contribution in [3.63, 3.8) is 0 Å². The van der Waals surface area contributed by atoms with Crippen LogP contribution in [0.2, 0.25) is 0 Å². The van der Waals surface area contributed by atoms with Gasteiger partial charge >= 0.3 is 5.97 Å². The molecule has 2 N–H and O–H groups in total. The van der Waals surface area contributed by atoms with Crippen LogP contribution in [0.3, 0.4) is 0 Å². The van der Waals surface area contributed by atoms with Gasteiger partial charge in [-0.15, -0.1) is 0 Å². The van der Waals surface area contributed by atoms with Gasteiger partial charge in [0.05, 0.1) is 22.6 Å². The van der Waals surface area contributed by atoms with E-state index in [2.05, 4.69) is 22.0 Å². The fraction of sp³-hybridized carbons (Fsp3) is 0.182. The highest BCUT2D eigenvalue weighted by Gasteiger charge is 2.36. The number of carbonyl (C=O) groups is 1. The van der Waals surface area contributed by atoms with Crippen molar-refractivity contribution < 1.29 is 19.0 Å². The van der Waals surface area contributed by atoms with E-state index < -0.39 is 11.9 Å². The molecule has 29 heavy (non-hydrogen) atoms. The molecule has 2 aromatic carbocycles. The fourth-order valence-corrected chi connectivity index (χ4v) is 3.56. The van der Waals surface area contributed by atoms with Gasteiger partial charge in [-0.05, 0) is 59.6 Å². The van der Waals surface area contributed by atoms with E-state index in [1.807, 2.05) is 30.3 Å². The maximum Gasteiger partial charge on any atom is 0.338 e. The molecular weight excluding hydrogens is 436 g/mol. The van der Waals surface area contributed by atoms with E-state index in [1.54, 1.807) is 32.0 Å². The van der Waals surface area contributed by atoms with E-state index in [4.69, 9.17) is 19.9 Å². The summed E-state index contributed by atoms with van der Waals surface area (Å²) >= 11 is 3.51. The molecule has 0 spiro atoms. The van der Waals surface area contributed by atoms with Crippen molar-refractivity contribution in [1.29, 1.82) is 5.26 Å². The Morgan fingerprint density at radius 1 is 1.28 bits per heavy atom. The zero-order chi connectivity index (χ0) is 21.0. The highest BCUT2D eigenvalue weighted by atomic mass is 79.9. The van der Waals surface area contributed by atoms with Gasteiger partial charge < -0.3 is 19.9 Å². The first kappa shape index (κ1) is 20.5. The molecule has 0 amide bonds. The minimum Gasteiger partial charge on any atom is -0.463 e. The van der Waals surface area contributed by atoms with Gasteiger partial charge in [-0.3, -0.25) is 0 Å². The quantitative estimate of drug-likeness (QED) is 0.646. The SMILES string of the molecule is CCOC(=O)C1=C(C)OC(N)=C(C#N)C1c1ccc(Oc2ccccc2)c(Br)c1. The summed E-state index contributed by atoms with van der Waals surface area (Å²) in [4.78, 5) is 12.6. The maximum atomic E-state index is 12.6. The molecule has 3 rings (SSSR count). The molecule has 0 aliphatic carbocycles. The molecule has 1 aliphatic heterocycles. The van der Waals surface area contributed by atoms with E-state index in [0.29, 0.717) is 27.3 Å². The van der Waals surface area contributed by atoms with Crippen LogP contribution in [-0.4, -0.2) is 12.6 Å². The Labute approximate surface area is 177 Å². The molecule has 0 radical (unpaired) electrons. The molecular formula is C22H19BrN2O4. The molecule has 0 fully saturated rings. The molecule has 0 aromatic heterocycles. The standard InChI is InChI=1S/C22H19BrN2O4/c1-3-27-22(26)19-13(2)28-21(25)16(12-24)20(19)14-9-10-18(17(23)11-14)29-15-7-5-4-6-8-15/h4-11,20H,3,25H2,1-2H3. The molecule has 1 atom stereocenters. The molecule has 2 aromatic rings. The first-order valence-electron chi connectivity index (χ1n) is 8.94. The average molecular weight is 455 g/mol. The van der Waals surface area contributed by atoms with Crippen molar-refractivity contribution in [3.8, 4) is 17.6 Å². The second kappa shape index (κ2) is 8.84. The molecule has 0 saturated carbocycles. The Balaban J connectivity index is 2.03. The summed E-state index contributed by atoms with van der Waals surface area (Å²) in [6.07, 6.45) is 0. The first-order chi connectivity index (χ1) is 14.0. The van der Waals surface area contributed by atoms with Gasteiger partial charge in [-0.1, -0.05) is 24.3 Å². The summed E-state index contributed by atoms with van der Waals surface area (Å²) in [7, 11) is 0. The fourth-order valence-electron chi connectivity index (χ4n) is 3.08. The Bertz CT molecular complexity index is 1040. The number of rotatable bonds is 5. The van der Waals surface area contributed by atoms with Gasteiger partial charge in [0.1, 0.15) is 28.9 Å². The molecule has 6 nitrogen and oxygen atoms in total. The number of halogens is 1. The van der Waals surface area contributed by atoms with E-state index in [0.717, 1.165) is 0 Å². The largest absolute Gasteiger partial charge is 0.463 e. The summed E-state index contributed by atoms with van der Waals surface area (Å²) in [5.41, 5.74) is 7.02. The Hall–Kier alpha value is -3.24. The minimum absolute atomic E-state index is 0.0243. The van der Waals surface area contributed by atoms with Crippen molar-refractivity contribution in [2.75, 3.05) is 6.61 Å². The summed E-state index contributed by atoms with van der Waals surface area (Å²) in [6.45, 7) is 3.55. The monoisotopic (exact) mass is 454 g/mol. The second-order valence-corrected chi connectivity index (χ2v) is 7.07. The molecule has 1 aliphatic rings. The highest BCUT2D eigenvalue weighted by Crippen LogP contribution is 2.42. The normalized spacial score (nSPS) is 16.1. The third kappa shape index (κ3) is 4.28. The van der Waals surface area contributed by atoms with Crippen molar-refractivity contribution >= 4 is 21.9 Å². The van der Waals surface area contributed by atoms with Crippen LogP contribution in [0.5, 0.6) is 11.5 Å². The lowest BCUT2D eigenvalue weighted by molar-refractivity contribution is -0.139. The number of ether oxygens (including phenoxy) is 3. The number of carbonyl (C=O) groups excluding carboxylic acids is 1. The van der Waals surface area contributed by atoms with Crippen molar-refractivity contribution in [2.45, 2.75) is 19.8 Å². The van der Waals surface area contributed by atoms with Crippen LogP contribution in [0.4, 0.5) is 0 Å². The van der Waals surface area contributed by atoms with Crippen molar-refractivity contribution in [2.24, 2.45) is 5.73 Å². The molecule has 1 heterocycles. The van der Waals surface area contributed by atoms with Crippen LogP contribution in [0, 0.1) is 11.3 Å². The topological polar surface area (TPSA) is 94.6 Å². The smallest absolute Gasteiger partial charge is 0.338 e. The number of benzene rings is 2. The summed E-state index contributed by atoms with van der Waals surface area (Å²) in [5, 5.41) is 9.65. The van der Waals surface area contributed by atoms with Gasteiger partial charge in [0.25, 0.3) is 0 Å². The predicted molar refractivity (Wildman–Crippen MR) is 111 cm³/mol. The van der Waals surface area contributed by atoms with Gasteiger partial charge in [0.15, 0.2) is 0 Å². The molecule has 7 heteroatoms. The summed E-state index contributed by atoms with van der Waals surface area (Å²) in [5.74, 6) is 0.331. The van der Waals surface area contributed by atoms with Crippen molar-refractivity contribution in [3.05, 3.63) is 81.4 Å². The van der Waals surface area contributed by atoms with Gasteiger partial charge in [-0.25, -0.2) is 4.79 Å². The van der Waals surface area contributed by atoms with Crippen LogP contribution >= 0.6 is 15.9 Å². The Morgan fingerprint density at radius 3 is 2.62 bits per heavy atom. The number of nitrogens with two attached hydrogens (primary N) is 1. The lowest BCUT2D eigenvalue weighted by atomic mass is 9.83. The summed E-state index contributed by atoms with van der Waals surface area (Å²) in [6, 6.07) is 16.8. The van der Waals surface area contributed by atoms with Crippen LogP contribution in [0.15, 0.2) is 75.8 Å². The van der Waals surface area contributed by atoms with Crippen LogP contribution in [-0.2, 0) is 14.3 Å². The van der Waals surface area contributed by atoms with E-state index in [1.165, 1.54) is 0 Å². The van der Waals surface area contributed by atoms with E-state index in [-0.39, 0.29) is 23.6 Å². The van der Waals surface area contributed by atoms with Gasteiger partial charge in [-0.2, -0.15) is 5.26 Å². The number of nitriles is 1. The van der Waals surface area contributed by atoms with Gasteiger partial charge in [0.2, 0.25) is 5.88 Å². The third-order valence-corrected chi connectivity index (χ3v) is 4.98. The number of para-hydroxylation sites is 1. The number of esters is 1. The Morgan fingerprint density at radius 2 is 2.00 bits per heavy atom. The van der Waals surface area contributed by atoms with Crippen LogP contribution in [0.25, 0.3) is 0 Å². The zero-order valence-corrected chi connectivity index (χ0v) is 17.5. The highest BCUT2D eigenvalue weighted by molar-refractivity contribution is 9.10. The minimum atomic E-state index is -0.699.